The number of anilines is 1. The van der Waals surface area contributed by atoms with Crippen LogP contribution in [0, 0.1) is 0 Å². The molecule has 19 heavy (non-hydrogen) atoms. The lowest BCUT2D eigenvalue weighted by molar-refractivity contribution is 0.411. The average molecular weight is 296 g/mol. The molecule has 0 unspecified atom stereocenters. The SMILES string of the molecule is CSC1(CNc2nnccc2C(N)=S)CCCCC1. The quantitative estimate of drug-likeness (QED) is 0.814. The molecule has 1 fully saturated rings. The van der Waals surface area contributed by atoms with E-state index in [0.29, 0.717) is 15.6 Å². The van der Waals surface area contributed by atoms with Crippen molar-refractivity contribution in [1.82, 2.24) is 10.2 Å². The Morgan fingerprint density at radius 1 is 1.47 bits per heavy atom. The number of thiocarbonyl (C=S) groups is 1. The molecular formula is C13H20N4S2. The number of nitrogens with one attached hydrogen (secondary N) is 1. The van der Waals surface area contributed by atoms with Crippen LogP contribution in [0.25, 0.3) is 0 Å². The zero-order valence-corrected chi connectivity index (χ0v) is 12.8. The Labute approximate surface area is 123 Å². The van der Waals surface area contributed by atoms with Crippen LogP contribution in [-0.2, 0) is 0 Å². The van der Waals surface area contributed by atoms with Gasteiger partial charge in [0.25, 0.3) is 0 Å². The number of rotatable bonds is 5. The van der Waals surface area contributed by atoms with Crippen LogP contribution < -0.4 is 11.1 Å². The number of hydrogen-bond donors (Lipinski definition) is 2. The number of hydrogen-bond acceptors (Lipinski definition) is 5. The molecule has 0 radical (unpaired) electrons. The summed E-state index contributed by atoms with van der Waals surface area (Å²) < 4.78 is 0.309. The molecule has 3 N–H and O–H groups in total. The van der Waals surface area contributed by atoms with Gasteiger partial charge in [0.1, 0.15) is 4.99 Å². The lowest BCUT2D eigenvalue weighted by Crippen LogP contribution is -2.36. The molecule has 0 bridgehead atoms. The number of aromatic nitrogens is 2. The highest BCUT2D eigenvalue weighted by Gasteiger charge is 2.31. The molecule has 4 nitrogen and oxygen atoms in total. The van der Waals surface area contributed by atoms with Crippen LogP contribution in [0.1, 0.15) is 37.7 Å². The summed E-state index contributed by atoms with van der Waals surface area (Å²) in [6, 6.07) is 1.81. The van der Waals surface area contributed by atoms with Gasteiger partial charge in [-0.1, -0.05) is 31.5 Å². The first-order valence-electron chi connectivity index (χ1n) is 6.57. The Bertz CT molecular complexity index is 444. The molecular weight excluding hydrogens is 276 g/mol. The van der Waals surface area contributed by atoms with Gasteiger partial charge in [-0.05, 0) is 25.2 Å². The molecule has 6 heteroatoms. The second kappa shape index (κ2) is 6.52. The highest BCUT2D eigenvalue weighted by atomic mass is 32.2. The van der Waals surface area contributed by atoms with E-state index in [1.165, 1.54) is 32.1 Å². The van der Waals surface area contributed by atoms with Crippen molar-refractivity contribution in [1.29, 1.82) is 0 Å². The van der Waals surface area contributed by atoms with E-state index in [-0.39, 0.29) is 0 Å². The van der Waals surface area contributed by atoms with Crippen LogP contribution in [0.5, 0.6) is 0 Å². The van der Waals surface area contributed by atoms with Crippen LogP contribution in [-0.4, -0.2) is 32.7 Å². The highest BCUT2D eigenvalue weighted by molar-refractivity contribution is 8.00. The van der Waals surface area contributed by atoms with E-state index >= 15 is 0 Å². The summed E-state index contributed by atoms with van der Waals surface area (Å²) in [7, 11) is 0. The van der Waals surface area contributed by atoms with E-state index in [1.807, 2.05) is 17.8 Å². The van der Waals surface area contributed by atoms with Gasteiger partial charge in [-0.25, -0.2) is 0 Å². The van der Waals surface area contributed by atoms with Gasteiger partial charge in [-0.15, -0.1) is 5.10 Å². The molecule has 104 valence electrons. The van der Waals surface area contributed by atoms with Crippen molar-refractivity contribution < 1.29 is 0 Å². The second-order valence-corrected chi connectivity index (χ2v) is 6.67. The Kier molecular flexibility index (Phi) is 4.99. The van der Waals surface area contributed by atoms with E-state index in [4.69, 9.17) is 18.0 Å². The topological polar surface area (TPSA) is 63.8 Å². The second-order valence-electron chi connectivity index (χ2n) is 4.96. The number of thioether (sulfide) groups is 1. The average Bonchev–Trinajstić information content (AvgIpc) is 2.46. The minimum Gasteiger partial charge on any atom is -0.389 e. The summed E-state index contributed by atoms with van der Waals surface area (Å²) in [5.74, 6) is 0.703. The molecule has 2 rings (SSSR count). The van der Waals surface area contributed by atoms with Crippen molar-refractivity contribution in [2.24, 2.45) is 5.73 Å². The van der Waals surface area contributed by atoms with Crippen molar-refractivity contribution in [3.05, 3.63) is 17.8 Å². The van der Waals surface area contributed by atoms with E-state index in [9.17, 15) is 0 Å². The Morgan fingerprint density at radius 3 is 2.84 bits per heavy atom. The predicted octanol–water partition coefficient (Wildman–Crippen LogP) is 2.59. The molecule has 0 spiro atoms. The minimum absolute atomic E-state index is 0.309. The van der Waals surface area contributed by atoms with Crippen molar-refractivity contribution in [3.63, 3.8) is 0 Å². The fraction of sp³-hybridized carbons (Fsp3) is 0.615. The minimum atomic E-state index is 0.309. The molecule has 1 aliphatic carbocycles. The van der Waals surface area contributed by atoms with Gasteiger partial charge in [0.15, 0.2) is 5.82 Å². The maximum Gasteiger partial charge on any atom is 0.158 e. The Morgan fingerprint density at radius 2 is 2.21 bits per heavy atom. The molecule has 0 aromatic carbocycles. The van der Waals surface area contributed by atoms with Gasteiger partial charge in [-0.2, -0.15) is 16.9 Å². The monoisotopic (exact) mass is 296 g/mol. The third kappa shape index (κ3) is 3.57. The number of nitrogens with two attached hydrogens (primary N) is 1. The van der Waals surface area contributed by atoms with Crippen LogP contribution in [0.15, 0.2) is 12.3 Å². The maximum atomic E-state index is 5.71. The van der Waals surface area contributed by atoms with E-state index < -0.39 is 0 Å². The van der Waals surface area contributed by atoms with Gasteiger partial charge < -0.3 is 11.1 Å². The van der Waals surface area contributed by atoms with Gasteiger partial charge in [-0.3, -0.25) is 0 Å². The molecule has 1 saturated carbocycles. The van der Waals surface area contributed by atoms with Crippen molar-refractivity contribution in [2.45, 2.75) is 36.9 Å². The third-order valence-electron chi connectivity index (χ3n) is 3.76. The van der Waals surface area contributed by atoms with Crippen LogP contribution >= 0.6 is 24.0 Å². The fourth-order valence-corrected chi connectivity index (χ4v) is 3.63. The normalized spacial score (nSPS) is 17.9. The van der Waals surface area contributed by atoms with Crippen LogP contribution in [0.2, 0.25) is 0 Å². The standard InChI is InChI=1S/C13H20N4S2/c1-19-13(6-3-2-4-7-13)9-15-12-10(11(14)18)5-8-16-17-12/h5,8H,2-4,6-7,9H2,1H3,(H2,14,18)(H,15,17). The summed E-state index contributed by atoms with van der Waals surface area (Å²) in [5.41, 5.74) is 6.48. The predicted molar refractivity (Wildman–Crippen MR) is 85.7 cm³/mol. The van der Waals surface area contributed by atoms with Crippen LogP contribution in [0.3, 0.4) is 0 Å². The van der Waals surface area contributed by atoms with Gasteiger partial charge >= 0.3 is 0 Å². The largest absolute Gasteiger partial charge is 0.389 e. The molecule has 0 amide bonds. The van der Waals surface area contributed by atoms with Gasteiger partial charge in [0.05, 0.1) is 11.8 Å². The fourth-order valence-electron chi connectivity index (χ4n) is 2.56. The van der Waals surface area contributed by atoms with E-state index in [0.717, 1.165) is 12.1 Å². The Balaban J connectivity index is 2.07. The maximum absolute atomic E-state index is 5.71. The first-order valence-corrected chi connectivity index (χ1v) is 8.21. The molecule has 1 aromatic heterocycles. The summed E-state index contributed by atoms with van der Waals surface area (Å²) in [4.78, 5) is 0.360. The van der Waals surface area contributed by atoms with Crippen LogP contribution in [0.4, 0.5) is 5.82 Å². The smallest absolute Gasteiger partial charge is 0.158 e. The molecule has 0 saturated heterocycles. The summed E-state index contributed by atoms with van der Waals surface area (Å²) in [6.07, 6.45) is 10.3. The summed E-state index contributed by atoms with van der Waals surface area (Å²) in [5, 5.41) is 11.4. The lowest BCUT2D eigenvalue weighted by atomic mass is 9.88. The first kappa shape index (κ1) is 14.5. The molecule has 0 aliphatic heterocycles. The zero-order valence-electron chi connectivity index (χ0n) is 11.2. The Hall–Kier alpha value is -0.880. The van der Waals surface area contributed by atoms with E-state index in [2.05, 4.69) is 21.8 Å². The van der Waals surface area contributed by atoms with Gasteiger partial charge in [0.2, 0.25) is 0 Å². The third-order valence-corrected chi connectivity index (χ3v) is 5.40. The molecule has 1 aliphatic rings. The van der Waals surface area contributed by atoms with Crippen molar-refractivity contribution in [2.75, 3.05) is 18.1 Å². The summed E-state index contributed by atoms with van der Waals surface area (Å²) in [6.45, 7) is 0.891. The van der Waals surface area contributed by atoms with E-state index in [1.54, 1.807) is 6.20 Å². The molecule has 1 heterocycles. The van der Waals surface area contributed by atoms with Gasteiger partial charge in [0, 0.05) is 11.3 Å². The molecule has 1 aromatic rings. The first-order chi connectivity index (χ1) is 9.17. The van der Waals surface area contributed by atoms with Crippen molar-refractivity contribution >= 4 is 34.8 Å². The van der Waals surface area contributed by atoms with Crippen molar-refractivity contribution in [3.8, 4) is 0 Å². The molecule has 0 atom stereocenters. The zero-order chi connectivity index (χ0) is 13.7. The number of nitrogens with zero attached hydrogens (tertiary/aromatic N) is 2. The lowest BCUT2D eigenvalue weighted by Gasteiger charge is -2.36. The highest BCUT2D eigenvalue weighted by Crippen LogP contribution is 2.38. The summed E-state index contributed by atoms with van der Waals surface area (Å²) >= 11 is 6.99.